The molecular formula is C26H21FN+. The first kappa shape index (κ1) is 16.9. The summed E-state index contributed by atoms with van der Waals surface area (Å²) in [5.74, 6) is -0.0862. The summed E-state index contributed by atoms with van der Waals surface area (Å²) >= 11 is 0. The normalized spacial score (nSPS) is 15.0. The van der Waals surface area contributed by atoms with Crippen LogP contribution in [0.3, 0.4) is 0 Å². The van der Waals surface area contributed by atoms with Gasteiger partial charge in [0.1, 0.15) is 7.05 Å². The molecule has 0 amide bonds. The Morgan fingerprint density at radius 1 is 0.821 bits per heavy atom. The van der Waals surface area contributed by atoms with E-state index in [-0.39, 0.29) is 11.9 Å². The van der Waals surface area contributed by atoms with Gasteiger partial charge in [-0.2, -0.15) is 4.57 Å². The van der Waals surface area contributed by atoms with Gasteiger partial charge in [-0.05, 0) is 45.4 Å². The summed E-state index contributed by atoms with van der Waals surface area (Å²) in [6.07, 6.45) is 2.70. The van der Waals surface area contributed by atoms with Crippen molar-refractivity contribution in [3.05, 3.63) is 125 Å². The molecule has 0 aliphatic heterocycles. The van der Waals surface area contributed by atoms with E-state index in [0.29, 0.717) is 0 Å². The van der Waals surface area contributed by atoms with Crippen molar-refractivity contribution < 1.29 is 8.96 Å². The smallest absolute Gasteiger partial charge is 0.176 e. The Bertz CT molecular complexity index is 1160. The second-order valence-electron chi connectivity index (χ2n) is 7.45. The van der Waals surface area contributed by atoms with Crippen LogP contribution in [-0.2, 0) is 13.5 Å². The molecule has 0 bridgehead atoms. The van der Waals surface area contributed by atoms with Gasteiger partial charge in [0.25, 0.3) is 0 Å². The number of fused-ring (bicyclic) bond motifs is 2. The van der Waals surface area contributed by atoms with Crippen LogP contribution in [0.4, 0.5) is 4.39 Å². The van der Waals surface area contributed by atoms with Crippen molar-refractivity contribution in [2.75, 3.05) is 0 Å². The standard InChI is InChI=1S/C26H21FN/c1-28-15-14-20(17-24(28)27)23-13-7-11-21-16-19-10-5-6-12-22(19)25(26(21)23)18-8-3-2-4-9-18/h2-15,17,25H,16H2,1H3/q+1. The number of halogens is 1. The number of aryl methyl sites for hydroxylation is 1. The first-order chi connectivity index (χ1) is 13.7. The monoisotopic (exact) mass is 366 g/mol. The fourth-order valence-corrected chi connectivity index (χ4v) is 4.40. The Labute approximate surface area is 164 Å². The lowest BCUT2D eigenvalue weighted by Gasteiger charge is -2.31. The van der Waals surface area contributed by atoms with Crippen LogP contribution in [0.1, 0.15) is 33.7 Å². The third-order valence-corrected chi connectivity index (χ3v) is 5.77. The van der Waals surface area contributed by atoms with Crippen LogP contribution in [0.5, 0.6) is 0 Å². The molecular weight excluding hydrogens is 345 g/mol. The van der Waals surface area contributed by atoms with Gasteiger partial charge in [0.05, 0.1) is 0 Å². The predicted octanol–water partition coefficient (Wildman–Crippen LogP) is 5.40. The third-order valence-electron chi connectivity index (χ3n) is 5.77. The van der Waals surface area contributed by atoms with E-state index in [1.807, 2.05) is 6.07 Å². The van der Waals surface area contributed by atoms with E-state index in [2.05, 4.69) is 72.8 Å². The average molecular weight is 366 g/mol. The molecule has 1 heterocycles. The fourth-order valence-electron chi connectivity index (χ4n) is 4.40. The van der Waals surface area contributed by atoms with Crippen LogP contribution >= 0.6 is 0 Å². The number of pyridine rings is 1. The summed E-state index contributed by atoms with van der Waals surface area (Å²) in [5, 5.41) is 0. The second-order valence-corrected chi connectivity index (χ2v) is 7.45. The molecule has 0 radical (unpaired) electrons. The van der Waals surface area contributed by atoms with Gasteiger partial charge in [-0.1, -0.05) is 72.8 Å². The zero-order chi connectivity index (χ0) is 19.1. The maximum atomic E-state index is 14.3. The number of hydrogen-bond donors (Lipinski definition) is 0. The highest BCUT2D eigenvalue weighted by molar-refractivity contribution is 5.73. The highest BCUT2D eigenvalue weighted by Crippen LogP contribution is 2.45. The van der Waals surface area contributed by atoms with E-state index in [9.17, 15) is 4.39 Å². The van der Waals surface area contributed by atoms with Crippen molar-refractivity contribution in [1.29, 1.82) is 0 Å². The molecule has 1 nitrogen and oxygen atoms in total. The van der Waals surface area contributed by atoms with Gasteiger partial charge >= 0.3 is 5.95 Å². The van der Waals surface area contributed by atoms with Gasteiger partial charge in [0, 0.05) is 18.1 Å². The van der Waals surface area contributed by atoms with Crippen molar-refractivity contribution in [2.24, 2.45) is 7.05 Å². The zero-order valence-corrected chi connectivity index (χ0v) is 15.8. The summed E-state index contributed by atoms with van der Waals surface area (Å²) in [6.45, 7) is 0. The van der Waals surface area contributed by atoms with E-state index in [1.165, 1.54) is 32.4 Å². The Morgan fingerprint density at radius 2 is 1.57 bits per heavy atom. The first-order valence-electron chi connectivity index (χ1n) is 9.62. The predicted molar refractivity (Wildman–Crippen MR) is 110 cm³/mol. The lowest BCUT2D eigenvalue weighted by atomic mass is 9.72. The van der Waals surface area contributed by atoms with Crippen LogP contribution in [0, 0.1) is 5.95 Å². The molecule has 1 aromatic heterocycles. The van der Waals surface area contributed by atoms with E-state index in [0.717, 1.165) is 17.5 Å². The molecule has 0 N–H and O–H groups in total. The molecule has 28 heavy (non-hydrogen) atoms. The second kappa shape index (κ2) is 6.72. The van der Waals surface area contributed by atoms with E-state index in [1.54, 1.807) is 19.3 Å². The van der Waals surface area contributed by atoms with Crippen molar-refractivity contribution in [2.45, 2.75) is 12.3 Å². The summed E-state index contributed by atoms with van der Waals surface area (Å²) in [7, 11) is 1.72. The lowest BCUT2D eigenvalue weighted by molar-refractivity contribution is -0.700. The van der Waals surface area contributed by atoms with Crippen molar-refractivity contribution in [3.8, 4) is 11.1 Å². The molecule has 1 aliphatic rings. The maximum absolute atomic E-state index is 14.3. The third kappa shape index (κ3) is 2.73. The number of aromatic nitrogens is 1. The average Bonchev–Trinajstić information content (AvgIpc) is 2.74. The first-order valence-corrected chi connectivity index (χ1v) is 9.62. The topological polar surface area (TPSA) is 3.88 Å². The van der Waals surface area contributed by atoms with Gasteiger partial charge in [-0.25, -0.2) is 0 Å². The van der Waals surface area contributed by atoms with Gasteiger partial charge in [-0.15, -0.1) is 4.39 Å². The minimum atomic E-state index is -0.234. The molecule has 0 spiro atoms. The molecule has 1 atom stereocenters. The summed E-state index contributed by atoms with van der Waals surface area (Å²) < 4.78 is 15.8. The molecule has 0 saturated heterocycles. The van der Waals surface area contributed by atoms with Crippen molar-refractivity contribution in [3.63, 3.8) is 0 Å². The Balaban J connectivity index is 1.79. The summed E-state index contributed by atoms with van der Waals surface area (Å²) in [4.78, 5) is 0. The van der Waals surface area contributed by atoms with E-state index in [4.69, 9.17) is 0 Å². The van der Waals surface area contributed by atoms with Gasteiger partial charge in [0.2, 0.25) is 0 Å². The van der Waals surface area contributed by atoms with Crippen LogP contribution < -0.4 is 4.57 Å². The molecule has 5 rings (SSSR count). The van der Waals surface area contributed by atoms with Crippen LogP contribution in [0.15, 0.2) is 91.1 Å². The summed E-state index contributed by atoms with van der Waals surface area (Å²) in [5.41, 5.74) is 8.63. The highest BCUT2D eigenvalue weighted by Gasteiger charge is 2.29. The molecule has 3 aromatic carbocycles. The largest absolute Gasteiger partial charge is 0.359 e. The van der Waals surface area contributed by atoms with Gasteiger partial charge in [-0.3, -0.25) is 0 Å². The Kier molecular flexibility index (Phi) is 4.05. The van der Waals surface area contributed by atoms with Crippen molar-refractivity contribution >= 4 is 0 Å². The summed E-state index contributed by atoms with van der Waals surface area (Å²) in [6, 6.07) is 29.4. The Morgan fingerprint density at radius 3 is 2.39 bits per heavy atom. The molecule has 4 aromatic rings. The minimum Gasteiger partial charge on any atom is -0.176 e. The molecule has 136 valence electrons. The van der Waals surface area contributed by atoms with Crippen LogP contribution in [0.25, 0.3) is 11.1 Å². The molecule has 0 fully saturated rings. The number of hydrogen-bond acceptors (Lipinski definition) is 0. The van der Waals surface area contributed by atoms with Crippen molar-refractivity contribution in [1.82, 2.24) is 0 Å². The SMILES string of the molecule is C[n+]1ccc(-c2cccc3c2C(c2ccccc2)c2ccccc2C3)cc1F. The number of nitrogens with zero attached hydrogens (tertiary/aromatic N) is 1. The van der Waals surface area contributed by atoms with E-state index < -0.39 is 0 Å². The quantitative estimate of drug-likeness (QED) is 0.291. The molecule has 2 heteroatoms. The highest BCUT2D eigenvalue weighted by atomic mass is 19.1. The zero-order valence-electron chi connectivity index (χ0n) is 15.8. The number of rotatable bonds is 2. The Hall–Kier alpha value is -3.26. The molecule has 0 saturated carbocycles. The molecule has 1 unspecified atom stereocenters. The van der Waals surface area contributed by atoms with Crippen LogP contribution in [0.2, 0.25) is 0 Å². The van der Waals surface area contributed by atoms with Gasteiger partial charge in [0.15, 0.2) is 6.20 Å². The van der Waals surface area contributed by atoms with Gasteiger partial charge < -0.3 is 0 Å². The lowest BCUT2D eigenvalue weighted by Crippen LogP contribution is -2.32. The molecule has 1 aliphatic carbocycles. The maximum Gasteiger partial charge on any atom is 0.359 e. The van der Waals surface area contributed by atoms with Crippen LogP contribution in [-0.4, -0.2) is 0 Å². The minimum absolute atomic E-state index is 0.148. The number of benzene rings is 3. The fraction of sp³-hybridized carbons (Fsp3) is 0.115. The van der Waals surface area contributed by atoms with E-state index >= 15 is 0 Å².